The van der Waals surface area contributed by atoms with Crippen LogP contribution in [0.3, 0.4) is 0 Å². The third kappa shape index (κ3) is 5.72. The summed E-state index contributed by atoms with van der Waals surface area (Å²) < 4.78 is 20.8. The molecule has 1 N–H and O–H groups in total. The van der Waals surface area contributed by atoms with Crippen molar-refractivity contribution in [3.63, 3.8) is 0 Å². The quantitative estimate of drug-likeness (QED) is 0.495. The van der Waals surface area contributed by atoms with E-state index in [2.05, 4.69) is 0 Å². The highest BCUT2D eigenvalue weighted by atomic mass is 33.1. The fourth-order valence-corrected chi connectivity index (χ4v) is 2.34. The molecule has 0 rings (SSSR count). The number of aliphatic hydroxyl groups excluding tert-OH is 1. The van der Waals surface area contributed by atoms with E-state index in [0.29, 0.717) is 15.7 Å². The highest BCUT2D eigenvalue weighted by Crippen LogP contribution is 2.19. The molecule has 0 saturated heterocycles. The Morgan fingerprint density at radius 3 is 2.22 bits per heavy atom. The van der Waals surface area contributed by atoms with Crippen LogP contribution in [-0.2, 0) is 8.87 Å². The molecule has 0 aliphatic rings. The van der Waals surface area contributed by atoms with Crippen LogP contribution in [0.1, 0.15) is 6.92 Å². The van der Waals surface area contributed by atoms with E-state index in [1.165, 1.54) is 6.92 Å². The van der Waals surface area contributed by atoms with Gasteiger partial charge in [0.1, 0.15) is 0 Å². The van der Waals surface area contributed by atoms with Gasteiger partial charge in [-0.25, -0.2) is 8.42 Å². The van der Waals surface area contributed by atoms with Crippen molar-refractivity contribution in [2.75, 3.05) is 6.26 Å². The first kappa shape index (κ1) is 8.84. The minimum atomic E-state index is -3.05. The summed E-state index contributed by atoms with van der Waals surface area (Å²) in [5.41, 5.74) is 0. The fraction of sp³-hybridized carbons (Fsp3) is 0.500. The van der Waals surface area contributed by atoms with Gasteiger partial charge in [0.25, 0.3) is 0 Å². The standard InChI is InChI=1S/C4H8O3S2/c1-4(3-5)8-9(2,6)7/h3,5H,1-2H3/b4-3+. The zero-order valence-corrected chi connectivity index (χ0v) is 6.79. The number of rotatable bonds is 2. The molecule has 0 aromatic heterocycles. The Bertz CT molecular complexity index is 202. The monoisotopic (exact) mass is 168 g/mol. The van der Waals surface area contributed by atoms with Crippen molar-refractivity contribution in [1.29, 1.82) is 0 Å². The second-order valence-corrected chi connectivity index (χ2v) is 6.06. The summed E-state index contributed by atoms with van der Waals surface area (Å²) in [5, 5.41) is 8.25. The molecule has 0 aromatic rings. The van der Waals surface area contributed by atoms with Crippen molar-refractivity contribution in [2.45, 2.75) is 6.92 Å². The number of hydrogen-bond donors (Lipinski definition) is 1. The zero-order valence-electron chi connectivity index (χ0n) is 5.16. The van der Waals surface area contributed by atoms with Crippen LogP contribution >= 0.6 is 10.8 Å². The van der Waals surface area contributed by atoms with Crippen LogP contribution in [0, 0.1) is 0 Å². The molecule has 9 heavy (non-hydrogen) atoms. The Morgan fingerprint density at radius 2 is 2.11 bits per heavy atom. The smallest absolute Gasteiger partial charge is 0.203 e. The number of hydrogen-bond acceptors (Lipinski definition) is 4. The maximum Gasteiger partial charge on any atom is 0.203 e. The summed E-state index contributed by atoms with van der Waals surface area (Å²) in [5.74, 6) is 0. The van der Waals surface area contributed by atoms with Crippen LogP contribution in [0.5, 0.6) is 0 Å². The molecule has 0 amide bonds. The Hall–Kier alpha value is -0.160. The number of aliphatic hydroxyl groups is 1. The van der Waals surface area contributed by atoms with Gasteiger partial charge in [0.05, 0.1) is 6.26 Å². The molecule has 0 unspecified atom stereocenters. The highest BCUT2D eigenvalue weighted by Gasteiger charge is 2.02. The van der Waals surface area contributed by atoms with E-state index in [1.807, 2.05) is 0 Å². The lowest BCUT2D eigenvalue weighted by atomic mass is 10.7. The molecule has 0 atom stereocenters. The van der Waals surface area contributed by atoms with Crippen LogP contribution in [-0.4, -0.2) is 19.8 Å². The Labute approximate surface area is 58.1 Å². The molecular weight excluding hydrogens is 160 g/mol. The van der Waals surface area contributed by atoms with Gasteiger partial charge in [0.2, 0.25) is 8.87 Å². The predicted molar refractivity (Wildman–Crippen MR) is 38.8 cm³/mol. The van der Waals surface area contributed by atoms with Crippen LogP contribution in [0.15, 0.2) is 11.2 Å². The van der Waals surface area contributed by atoms with Gasteiger partial charge in [-0.2, -0.15) is 0 Å². The summed E-state index contributed by atoms with van der Waals surface area (Å²) in [6, 6.07) is 0. The van der Waals surface area contributed by atoms with Gasteiger partial charge in [-0.3, -0.25) is 0 Å². The summed E-state index contributed by atoms with van der Waals surface area (Å²) in [6.45, 7) is 1.52. The second kappa shape index (κ2) is 3.12. The Morgan fingerprint density at radius 1 is 1.67 bits per heavy atom. The van der Waals surface area contributed by atoms with Gasteiger partial charge in [0.15, 0.2) is 0 Å². The first-order valence-electron chi connectivity index (χ1n) is 2.16. The fourth-order valence-electron chi connectivity index (χ4n) is 0.260. The van der Waals surface area contributed by atoms with E-state index in [4.69, 9.17) is 5.11 Å². The lowest BCUT2D eigenvalue weighted by Gasteiger charge is -1.92. The summed E-state index contributed by atoms with van der Waals surface area (Å²) >= 11 is 0. The van der Waals surface area contributed by atoms with Crippen LogP contribution < -0.4 is 0 Å². The van der Waals surface area contributed by atoms with E-state index in [0.717, 1.165) is 12.5 Å². The second-order valence-electron chi connectivity index (χ2n) is 1.53. The van der Waals surface area contributed by atoms with Crippen molar-refractivity contribution >= 4 is 19.7 Å². The van der Waals surface area contributed by atoms with E-state index >= 15 is 0 Å². The maximum absolute atomic E-state index is 10.4. The Balaban J connectivity index is 4.07. The van der Waals surface area contributed by atoms with Crippen molar-refractivity contribution in [3.8, 4) is 0 Å². The average Bonchev–Trinajstić information content (AvgIpc) is 1.62. The van der Waals surface area contributed by atoms with E-state index in [-0.39, 0.29) is 0 Å². The normalized spacial score (nSPS) is 13.8. The van der Waals surface area contributed by atoms with Crippen molar-refractivity contribution < 1.29 is 13.5 Å². The molecule has 0 aromatic carbocycles. The molecule has 0 saturated carbocycles. The molecule has 0 radical (unpaired) electrons. The van der Waals surface area contributed by atoms with Gasteiger partial charge in [-0.15, -0.1) is 0 Å². The van der Waals surface area contributed by atoms with Crippen LogP contribution in [0.4, 0.5) is 0 Å². The third-order valence-corrected chi connectivity index (χ3v) is 2.83. The molecule has 0 aliphatic carbocycles. The first-order chi connectivity index (χ1) is 3.95. The molecule has 0 fully saturated rings. The van der Waals surface area contributed by atoms with Gasteiger partial charge in [0, 0.05) is 22.0 Å². The van der Waals surface area contributed by atoms with Gasteiger partial charge < -0.3 is 5.11 Å². The van der Waals surface area contributed by atoms with Crippen molar-refractivity contribution in [2.24, 2.45) is 0 Å². The molecule has 0 bridgehead atoms. The maximum atomic E-state index is 10.4. The van der Waals surface area contributed by atoms with Crippen molar-refractivity contribution in [1.82, 2.24) is 0 Å². The SMILES string of the molecule is C/C(=C\O)SS(C)(=O)=O. The van der Waals surface area contributed by atoms with E-state index in [1.54, 1.807) is 0 Å². The van der Waals surface area contributed by atoms with E-state index < -0.39 is 8.87 Å². The molecule has 5 heteroatoms. The lowest BCUT2D eigenvalue weighted by Crippen LogP contribution is -1.86. The minimum absolute atomic E-state index is 0.373. The highest BCUT2D eigenvalue weighted by molar-refractivity contribution is 8.73. The Kier molecular flexibility index (Phi) is 3.07. The number of allylic oxidation sites excluding steroid dienone is 1. The molecule has 0 spiro atoms. The molecule has 3 nitrogen and oxygen atoms in total. The van der Waals surface area contributed by atoms with Crippen LogP contribution in [0.25, 0.3) is 0 Å². The summed E-state index contributed by atoms with van der Waals surface area (Å²) in [4.78, 5) is 0.373. The minimum Gasteiger partial charge on any atom is -0.515 e. The largest absolute Gasteiger partial charge is 0.515 e. The molecular formula is C4H8O3S2. The molecule has 0 heterocycles. The van der Waals surface area contributed by atoms with E-state index in [9.17, 15) is 8.42 Å². The summed E-state index contributed by atoms with van der Waals surface area (Å²) in [7, 11) is -2.41. The topological polar surface area (TPSA) is 54.4 Å². The van der Waals surface area contributed by atoms with Crippen molar-refractivity contribution in [3.05, 3.63) is 11.2 Å². The predicted octanol–water partition coefficient (Wildman–Crippen LogP) is 1.10. The zero-order chi connectivity index (χ0) is 7.49. The first-order valence-corrected chi connectivity index (χ1v) is 5.38. The molecule has 0 aliphatic heterocycles. The van der Waals surface area contributed by atoms with Gasteiger partial charge in [-0.05, 0) is 6.92 Å². The lowest BCUT2D eigenvalue weighted by molar-refractivity contribution is 0.471. The van der Waals surface area contributed by atoms with Crippen LogP contribution in [0.2, 0.25) is 0 Å². The third-order valence-electron chi connectivity index (χ3n) is 0.465. The average molecular weight is 168 g/mol. The molecule has 54 valence electrons. The van der Waals surface area contributed by atoms with Gasteiger partial charge >= 0.3 is 0 Å². The van der Waals surface area contributed by atoms with Gasteiger partial charge in [-0.1, -0.05) is 0 Å². The summed E-state index contributed by atoms with van der Waals surface area (Å²) in [6.07, 6.45) is 1.86.